The third-order valence-corrected chi connectivity index (χ3v) is 7.16. The van der Waals surface area contributed by atoms with Gasteiger partial charge < -0.3 is 9.63 Å². The number of para-hydroxylation sites is 1. The number of aromatic nitrogens is 2. The molecule has 1 atom stereocenters. The number of hydrogen-bond donors (Lipinski definition) is 1. The van der Waals surface area contributed by atoms with Crippen LogP contribution in [0.4, 0.5) is 5.69 Å². The quantitative estimate of drug-likeness (QED) is 0.717. The van der Waals surface area contributed by atoms with E-state index in [2.05, 4.69) is 10.1 Å². The molecular formula is C19H17N3O5S. The summed E-state index contributed by atoms with van der Waals surface area (Å²) in [6.45, 7) is 0.0907. The number of carboxylic acid groups (broad SMARTS) is 1. The maximum absolute atomic E-state index is 13.4. The fourth-order valence-corrected chi connectivity index (χ4v) is 5.27. The molecule has 0 radical (unpaired) electrons. The van der Waals surface area contributed by atoms with Gasteiger partial charge in [-0.1, -0.05) is 23.4 Å². The normalized spacial score (nSPS) is 19.6. The maximum Gasteiger partial charge on any atom is 0.311 e. The number of benzene rings is 1. The summed E-state index contributed by atoms with van der Waals surface area (Å²) in [4.78, 5) is 15.8. The number of fused-ring (bicyclic) bond motifs is 2. The van der Waals surface area contributed by atoms with Crippen LogP contribution in [0.15, 0.2) is 45.9 Å². The van der Waals surface area contributed by atoms with Crippen LogP contribution in [-0.2, 0) is 14.8 Å². The third kappa shape index (κ3) is 2.57. The van der Waals surface area contributed by atoms with Gasteiger partial charge in [-0.3, -0.25) is 9.10 Å². The van der Waals surface area contributed by atoms with E-state index in [1.165, 1.54) is 10.5 Å². The van der Waals surface area contributed by atoms with Crippen molar-refractivity contribution in [3.8, 4) is 0 Å². The minimum atomic E-state index is -3.91. The Kier molecular flexibility index (Phi) is 3.70. The van der Waals surface area contributed by atoms with Crippen molar-refractivity contribution in [2.75, 3.05) is 10.8 Å². The summed E-state index contributed by atoms with van der Waals surface area (Å²) in [6.07, 6.45) is 3.50. The molecule has 1 aliphatic carbocycles. The Morgan fingerprint density at radius 3 is 2.75 bits per heavy atom. The molecule has 1 aromatic carbocycles. The zero-order valence-electron chi connectivity index (χ0n) is 14.8. The van der Waals surface area contributed by atoms with Crippen LogP contribution in [0.5, 0.6) is 0 Å². The van der Waals surface area contributed by atoms with Crippen molar-refractivity contribution in [1.82, 2.24) is 10.1 Å². The van der Waals surface area contributed by atoms with Gasteiger partial charge in [-0.2, -0.15) is 0 Å². The van der Waals surface area contributed by atoms with E-state index < -0.39 is 21.9 Å². The van der Waals surface area contributed by atoms with E-state index in [0.29, 0.717) is 28.3 Å². The van der Waals surface area contributed by atoms with Crippen molar-refractivity contribution in [2.24, 2.45) is 0 Å². The van der Waals surface area contributed by atoms with Gasteiger partial charge in [0.05, 0.1) is 28.9 Å². The number of pyridine rings is 1. The zero-order valence-corrected chi connectivity index (χ0v) is 15.6. The number of nitrogens with zero attached hydrogens (tertiary/aromatic N) is 3. The van der Waals surface area contributed by atoms with Gasteiger partial charge in [0, 0.05) is 12.5 Å². The minimum Gasteiger partial charge on any atom is -0.481 e. The van der Waals surface area contributed by atoms with Crippen molar-refractivity contribution in [3.05, 3.63) is 47.8 Å². The van der Waals surface area contributed by atoms with E-state index in [0.717, 1.165) is 18.5 Å². The first-order chi connectivity index (χ1) is 13.5. The Morgan fingerprint density at radius 1 is 1.21 bits per heavy atom. The smallest absolute Gasteiger partial charge is 0.311 e. The Morgan fingerprint density at radius 2 is 2.00 bits per heavy atom. The molecule has 3 aromatic rings. The molecule has 2 aliphatic rings. The number of anilines is 1. The van der Waals surface area contributed by atoms with E-state index in [9.17, 15) is 18.3 Å². The van der Waals surface area contributed by atoms with E-state index in [1.54, 1.807) is 30.3 Å². The van der Waals surface area contributed by atoms with Crippen LogP contribution in [-0.4, -0.2) is 36.2 Å². The van der Waals surface area contributed by atoms with Crippen molar-refractivity contribution in [2.45, 2.75) is 36.0 Å². The molecule has 1 unspecified atom stereocenters. The molecule has 5 rings (SSSR count). The summed E-state index contributed by atoms with van der Waals surface area (Å²) in [6, 6.07) is 8.30. The number of carboxylic acids is 1. The van der Waals surface area contributed by atoms with Crippen molar-refractivity contribution < 1.29 is 22.8 Å². The molecule has 1 aliphatic heterocycles. The first-order valence-electron chi connectivity index (χ1n) is 9.06. The van der Waals surface area contributed by atoms with Crippen LogP contribution in [0.2, 0.25) is 0 Å². The SMILES string of the molecule is O=C(O)C1CCN(S(=O)(=O)c2cnc3onc(C4CC4)c3c2)c2ccccc21. The summed E-state index contributed by atoms with van der Waals surface area (Å²) in [5, 5.41) is 14.1. The van der Waals surface area contributed by atoms with Crippen molar-refractivity contribution in [3.63, 3.8) is 0 Å². The highest BCUT2D eigenvalue weighted by molar-refractivity contribution is 7.92. The van der Waals surface area contributed by atoms with Gasteiger partial charge in [0.2, 0.25) is 0 Å². The number of aliphatic carboxylic acids is 1. The molecular weight excluding hydrogens is 382 g/mol. The second-order valence-corrected chi connectivity index (χ2v) is 9.04. The zero-order chi connectivity index (χ0) is 19.5. The van der Waals surface area contributed by atoms with Gasteiger partial charge in [-0.05, 0) is 37.0 Å². The summed E-state index contributed by atoms with van der Waals surface area (Å²) < 4.78 is 33.3. The molecule has 28 heavy (non-hydrogen) atoms. The Bertz CT molecular complexity index is 1200. The molecule has 1 saturated carbocycles. The molecule has 8 nitrogen and oxygen atoms in total. The predicted octanol–water partition coefficient (Wildman–Crippen LogP) is 2.87. The third-order valence-electron chi connectivity index (χ3n) is 5.38. The van der Waals surface area contributed by atoms with E-state index in [-0.39, 0.29) is 17.9 Å². The molecule has 2 aromatic heterocycles. The Balaban J connectivity index is 1.60. The van der Waals surface area contributed by atoms with Gasteiger partial charge in [0.1, 0.15) is 4.90 Å². The topological polar surface area (TPSA) is 114 Å². The van der Waals surface area contributed by atoms with Crippen molar-refractivity contribution in [1.29, 1.82) is 0 Å². The number of hydrogen-bond acceptors (Lipinski definition) is 6. The second-order valence-electron chi connectivity index (χ2n) is 7.18. The summed E-state index contributed by atoms with van der Waals surface area (Å²) >= 11 is 0. The standard InChI is InChI=1S/C19H17N3O5S/c23-19(24)14-7-8-22(16-4-2-1-3-13(14)16)28(25,26)12-9-15-17(11-5-6-11)21-27-18(15)20-10-12/h1-4,9-11,14H,5-8H2,(H,23,24). The molecule has 0 saturated heterocycles. The van der Waals surface area contributed by atoms with Gasteiger partial charge in [-0.25, -0.2) is 13.4 Å². The van der Waals surface area contributed by atoms with Crippen molar-refractivity contribution >= 4 is 32.8 Å². The highest BCUT2D eigenvalue weighted by Gasteiger charge is 2.37. The first kappa shape index (κ1) is 17.2. The van der Waals surface area contributed by atoms with E-state index in [4.69, 9.17) is 4.52 Å². The lowest BCUT2D eigenvalue weighted by atomic mass is 9.91. The fraction of sp³-hybridized carbons (Fsp3) is 0.316. The maximum atomic E-state index is 13.4. The van der Waals surface area contributed by atoms with Crippen LogP contribution in [0.1, 0.15) is 42.4 Å². The van der Waals surface area contributed by atoms with E-state index >= 15 is 0 Å². The molecule has 0 amide bonds. The number of carbonyl (C=O) groups is 1. The minimum absolute atomic E-state index is 0.0497. The van der Waals surface area contributed by atoms with Gasteiger partial charge in [0.25, 0.3) is 15.7 Å². The Hall–Kier alpha value is -2.94. The van der Waals surface area contributed by atoms with Crippen LogP contribution < -0.4 is 4.31 Å². The predicted molar refractivity (Wildman–Crippen MR) is 99.7 cm³/mol. The average molecular weight is 399 g/mol. The van der Waals surface area contributed by atoms with Gasteiger partial charge in [-0.15, -0.1) is 0 Å². The second kappa shape index (κ2) is 6.03. The van der Waals surface area contributed by atoms with Crippen LogP contribution in [0, 0.1) is 0 Å². The monoisotopic (exact) mass is 399 g/mol. The van der Waals surface area contributed by atoms with Crippen LogP contribution in [0.3, 0.4) is 0 Å². The molecule has 144 valence electrons. The Labute approximate surface area is 160 Å². The molecule has 0 spiro atoms. The lowest BCUT2D eigenvalue weighted by Gasteiger charge is -2.33. The first-order valence-corrected chi connectivity index (χ1v) is 10.5. The van der Waals surface area contributed by atoms with Crippen LogP contribution >= 0.6 is 0 Å². The van der Waals surface area contributed by atoms with E-state index in [1.807, 2.05) is 0 Å². The molecule has 0 bridgehead atoms. The highest BCUT2D eigenvalue weighted by atomic mass is 32.2. The number of rotatable bonds is 4. The molecule has 3 heterocycles. The summed E-state index contributed by atoms with van der Waals surface area (Å²) in [5.74, 6) is -1.37. The summed E-state index contributed by atoms with van der Waals surface area (Å²) in [7, 11) is -3.91. The highest BCUT2D eigenvalue weighted by Crippen LogP contribution is 2.43. The fourth-order valence-electron chi connectivity index (χ4n) is 3.79. The lowest BCUT2D eigenvalue weighted by molar-refractivity contribution is -0.139. The van der Waals surface area contributed by atoms with Crippen LogP contribution in [0.25, 0.3) is 11.1 Å². The summed E-state index contributed by atoms with van der Waals surface area (Å²) in [5.41, 5.74) is 1.98. The largest absolute Gasteiger partial charge is 0.481 e. The molecule has 1 N–H and O–H groups in total. The lowest BCUT2D eigenvalue weighted by Crippen LogP contribution is -2.38. The molecule has 1 fully saturated rings. The number of sulfonamides is 1. The van der Waals surface area contributed by atoms with Gasteiger partial charge >= 0.3 is 5.97 Å². The average Bonchev–Trinajstić information content (AvgIpc) is 3.45. The molecule has 9 heteroatoms. The van der Waals surface area contributed by atoms with Gasteiger partial charge in [0.15, 0.2) is 0 Å².